The number of hydrogen-bond donors (Lipinski definition) is 0. The van der Waals surface area contributed by atoms with Gasteiger partial charge in [0.05, 0.1) is 13.2 Å². The van der Waals surface area contributed by atoms with E-state index in [9.17, 15) is 9.18 Å². The SMILES string of the molecule is C=C(C)COCCN(C)c1ccc(/C=C2N=C(/C=C/c3ccc(F)cc3)N(C)C\2=O)cc1. The Bertz CT molecular complexity index is 1050. The molecule has 166 valence electrons. The number of anilines is 1. The lowest BCUT2D eigenvalue weighted by Crippen LogP contribution is -2.26. The van der Waals surface area contributed by atoms with Gasteiger partial charge in [0.15, 0.2) is 0 Å². The second-order valence-corrected chi connectivity index (χ2v) is 7.77. The number of benzene rings is 2. The smallest absolute Gasteiger partial charge is 0.277 e. The van der Waals surface area contributed by atoms with Crippen LogP contribution < -0.4 is 4.90 Å². The number of nitrogens with zero attached hydrogens (tertiary/aromatic N) is 3. The van der Waals surface area contributed by atoms with Crippen molar-refractivity contribution in [3.8, 4) is 0 Å². The van der Waals surface area contributed by atoms with Crippen molar-refractivity contribution < 1.29 is 13.9 Å². The van der Waals surface area contributed by atoms with Crippen molar-refractivity contribution in [3.05, 3.63) is 89.4 Å². The molecule has 1 aliphatic heterocycles. The van der Waals surface area contributed by atoms with E-state index in [0.717, 1.165) is 28.9 Å². The lowest BCUT2D eigenvalue weighted by Gasteiger charge is -2.19. The summed E-state index contributed by atoms with van der Waals surface area (Å²) in [7, 11) is 3.70. The molecule has 3 rings (SSSR count). The molecule has 2 aromatic rings. The Balaban J connectivity index is 1.65. The number of ether oxygens (including phenoxy) is 1. The molecule has 0 N–H and O–H groups in total. The molecule has 2 aromatic carbocycles. The highest BCUT2D eigenvalue weighted by Crippen LogP contribution is 2.20. The first kappa shape index (κ1) is 23.2. The van der Waals surface area contributed by atoms with Crippen LogP contribution in [-0.2, 0) is 9.53 Å². The van der Waals surface area contributed by atoms with Gasteiger partial charge in [-0.3, -0.25) is 9.69 Å². The van der Waals surface area contributed by atoms with E-state index in [4.69, 9.17) is 4.74 Å². The molecule has 0 spiro atoms. The van der Waals surface area contributed by atoms with Crippen molar-refractivity contribution in [2.24, 2.45) is 4.99 Å². The summed E-state index contributed by atoms with van der Waals surface area (Å²) in [5.74, 6) is 0.0856. The normalized spacial score (nSPS) is 15.0. The van der Waals surface area contributed by atoms with Gasteiger partial charge in [0.25, 0.3) is 5.91 Å². The lowest BCUT2D eigenvalue weighted by atomic mass is 10.1. The zero-order valence-electron chi connectivity index (χ0n) is 18.7. The number of carbonyl (C=O) groups excluding carboxylic acids is 1. The second-order valence-electron chi connectivity index (χ2n) is 7.77. The van der Waals surface area contributed by atoms with Gasteiger partial charge in [0.1, 0.15) is 17.3 Å². The molecule has 1 amide bonds. The van der Waals surface area contributed by atoms with E-state index in [-0.39, 0.29) is 11.7 Å². The topological polar surface area (TPSA) is 45.1 Å². The standard InChI is InChI=1S/C26H28FN3O2/c1-19(2)18-32-16-15-29(3)23-12-7-21(8-13-23)17-24-26(31)30(4)25(28-24)14-9-20-5-10-22(27)11-6-20/h5-14,17H,1,15-16,18H2,2-4H3/b14-9+,24-17-. The number of amides is 1. The predicted molar refractivity (Wildman–Crippen MR) is 129 cm³/mol. The molecule has 0 saturated heterocycles. The number of rotatable bonds is 9. The van der Waals surface area contributed by atoms with Crippen LogP contribution in [0.2, 0.25) is 0 Å². The molecular formula is C26H28FN3O2. The summed E-state index contributed by atoms with van der Waals surface area (Å²) < 4.78 is 18.6. The zero-order chi connectivity index (χ0) is 23.1. The predicted octanol–water partition coefficient (Wildman–Crippen LogP) is 4.78. The Morgan fingerprint density at radius 2 is 1.78 bits per heavy atom. The third-order valence-corrected chi connectivity index (χ3v) is 4.95. The number of aliphatic imine (C=N–C) groups is 1. The molecule has 0 radical (unpaired) electrons. The van der Waals surface area contributed by atoms with Gasteiger partial charge in [-0.25, -0.2) is 9.38 Å². The molecule has 1 heterocycles. The van der Waals surface area contributed by atoms with Gasteiger partial charge in [0.2, 0.25) is 0 Å². The first-order chi connectivity index (χ1) is 15.3. The van der Waals surface area contributed by atoms with Crippen LogP contribution in [0.4, 0.5) is 10.1 Å². The maximum Gasteiger partial charge on any atom is 0.277 e. The van der Waals surface area contributed by atoms with Crippen molar-refractivity contribution in [2.75, 3.05) is 38.8 Å². The Morgan fingerprint density at radius 3 is 2.44 bits per heavy atom. The van der Waals surface area contributed by atoms with Crippen LogP contribution in [0.5, 0.6) is 0 Å². The van der Waals surface area contributed by atoms with Crippen LogP contribution in [0.15, 0.2) is 77.4 Å². The molecule has 5 nitrogen and oxygen atoms in total. The maximum absolute atomic E-state index is 13.0. The van der Waals surface area contributed by atoms with Crippen molar-refractivity contribution in [3.63, 3.8) is 0 Å². The van der Waals surface area contributed by atoms with Crippen molar-refractivity contribution in [2.45, 2.75) is 6.92 Å². The summed E-state index contributed by atoms with van der Waals surface area (Å²) in [4.78, 5) is 20.6. The minimum Gasteiger partial charge on any atom is -0.375 e. The van der Waals surface area contributed by atoms with Gasteiger partial charge in [0, 0.05) is 26.3 Å². The fourth-order valence-corrected chi connectivity index (χ4v) is 3.07. The molecule has 0 aliphatic carbocycles. The van der Waals surface area contributed by atoms with Crippen molar-refractivity contribution >= 4 is 29.6 Å². The maximum atomic E-state index is 13.0. The summed E-state index contributed by atoms with van der Waals surface area (Å²) in [6.07, 6.45) is 5.33. The Morgan fingerprint density at radius 1 is 1.12 bits per heavy atom. The monoisotopic (exact) mass is 433 g/mol. The van der Waals surface area contributed by atoms with Gasteiger partial charge in [-0.2, -0.15) is 0 Å². The van der Waals surface area contributed by atoms with E-state index in [1.807, 2.05) is 38.2 Å². The fraction of sp³-hybridized carbons (Fsp3) is 0.231. The van der Waals surface area contributed by atoms with Crippen LogP contribution >= 0.6 is 0 Å². The van der Waals surface area contributed by atoms with Crippen LogP contribution in [-0.4, -0.2) is 50.5 Å². The minimum atomic E-state index is -0.286. The molecule has 0 saturated carbocycles. The van der Waals surface area contributed by atoms with E-state index >= 15 is 0 Å². The summed E-state index contributed by atoms with van der Waals surface area (Å²) in [5.41, 5.74) is 4.17. The zero-order valence-corrected chi connectivity index (χ0v) is 18.7. The molecule has 0 unspecified atom stereocenters. The van der Waals surface area contributed by atoms with Crippen molar-refractivity contribution in [1.29, 1.82) is 0 Å². The number of hydrogen-bond acceptors (Lipinski definition) is 4. The highest BCUT2D eigenvalue weighted by molar-refractivity contribution is 6.18. The van der Waals surface area contributed by atoms with Gasteiger partial charge in [-0.1, -0.05) is 42.5 Å². The molecule has 0 aromatic heterocycles. The van der Waals surface area contributed by atoms with Crippen LogP contribution in [0.3, 0.4) is 0 Å². The Kier molecular flexibility index (Phi) is 7.73. The van der Waals surface area contributed by atoms with Gasteiger partial charge >= 0.3 is 0 Å². The van der Waals surface area contributed by atoms with Crippen LogP contribution in [0.25, 0.3) is 12.2 Å². The van der Waals surface area contributed by atoms with Crippen LogP contribution in [0.1, 0.15) is 18.1 Å². The quantitative estimate of drug-likeness (QED) is 0.325. The van der Waals surface area contributed by atoms with Gasteiger partial charge in [-0.15, -0.1) is 0 Å². The molecule has 0 atom stereocenters. The first-order valence-electron chi connectivity index (χ1n) is 10.4. The van der Waals surface area contributed by atoms with Crippen LogP contribution in [0, 0.1) is 5.82 Å². The molecule has 1 aliphatic rings. The highest BCUT2D eigenvalue weighted by atomic mass is 19.1. The number of amidine groups is 1. The van der Waals surface area contributed by atoms with E-state index < -0.39 is 0 Å². The summed E-state index contributed by atoms with van der Waals surface area (Å²) >= 11 is 0. The van der Waals surface area contributed by atoms with E-state index in [1.54, 1.807) is 37.4 Å². The average Bonchev–Trinajstić information content (AvgIpc) is 3.04. The molecule has 0 fully saturated rings. The number of carbonyl (C=O) groups is 1. The summed E-state index contributed by atoms with van der Waals surface area (Å²) in [6, 6.07) is 14.1. The van der Waals surface area contributed by atoms with Gasteiger partial charge in [-0.05, 0) is 54.5 Å². The summed E-state index contributed by atoms with van der Waals surface area (Å²) in [6.45, 7) is 7.74. The third-order valence-electron chi connectivity index (χ3n) is 4.95. The summed E-state index contributed by atoms with van der Waals surface area (Å²) in [5, 5.41) is 0. The Labute approximate surface area is 188 Å². The van der Waals surface area contributed by atoms with E-state index in [2.05, 4.69) is 16.5 Å². The Hall–Kier alpha value is -3.51. The molecule has 32 heavy (non-hydrogen) atoms. The largest absolute Gasteiger partial charge is 0.375 e. The fourth-order valence-electron chi connectivity index (χ4n) is 3.07. The molecule has 0 bridgehead atoms. The average molecular weight is 434 g/mol. The third kappa shape index (κ3) is 6.25. The van der Waals surface area contributed by atoms with Crippen molar-refractivity contribution in [1.82, 2.24) is 4.90 Å². The highest BCUT2D eigenvalue weighted by Gasteiger charge is 2.25. The van der Waals surface area contributed by atoms with E-state index in [0.29, 0.717) is 24.7 Å². The minimum absolute atomic E-state index is 0.167. The number of likely N-dealkylation sites (N-methyl/N-ethyl adjacent to an activating group) is 2. The molecular weight excluding hydrogens is 405 g/mol. The van der Waals surface area contributed by atoms with E-state index in [1.165, 1.54) is 17.0 Å². The first-order valence-corrected chi connectivity index (χ1v) is 10.4. The van der Waals surface area contributed by atoms with Gasteiger partial charge < -0.3 is 9.64 Å². The molecule has 6 heteroatoms. The number of halogens is 1. The lowest BCUT2D eigenvalue weighted by molar-refractivity contribution is -0.121. The second kappa shape index (κ2) is 10.7.